The molecular weight excluding hydrogens is 333 g/mol. The van der Waals surface area contributed by atoms with Gasteiger partial charge in [-0.05, 0) is 63.5 Å². The molecule has 2 atom stereocenters. The number of nitrogens with one attached hydrogen (secondary N) is 1. The second kappa shape index (κ2) is 10.1. The van der Waals surface area contributed by atoms with Crippen LogP contribution in [0.3, 0.4) is 0 Å². The molecule has 0 spiro atoms. The number of piperidine rings is 1. The number of likely N-dealkylation sites (tertiary alicyclic amines) is 1. The van der Waals surface area contributed by atoms with Crippen LogP contribution in [0.1, 0.15) is 51.4 Å². The summed E-state index contributed by atoms with van der Waals surface area (Å²) < 4.78 is 0. The molecule has 0 radical (unpaired) electrons. The quantitative estimate of drug-likeness (QED) is 0.804. The fourth-order valence-electron chi connectivity index (χ4n) is 4.67. The van der Waals surface area contributed by atoms with Gasteiger partial charge >= 0.3 is 0 Å². The maximum Gasteiger partial charge on any atom is 0.223 e. The average molecular weight is 366 g/mol. The zero-order valence-corrected chi connectivity index (χ0v) is 15.7. The van der Waals surface area contributed by atoms with Gasteiger partial charge in [-0.2, -0.15) is 0 Å². The van der Waals surface area contributed by atoms with Crippen molar-refractivity contribution in [3.63, 3.8) is 0 Å². The lowest BCUT2D eigenvalue weighted by molar-refractivity contribution is -0.127. The SMILES string of the molecule is Cl.Cl.NC1C2CCCC1CC(C(=O)NCCN1CCCCC1)C2. The maximum atomic E-state index is 12.4. The number of amides is 1. The van der Waals surface area contributed by atoms with Gasteiger partial charge in [0.15, 0.2) is 0 Å². The molecule has 2 aliphatic carbocycles. The second-order valence-electron chi connectivity index (χ2n) is 7.39. The summed E-state index contributed by atoms with van der Waals surface area (Å²) in [7, 11) is 0. The molecule has 2 bridgehead atoms. The van der Waals surface area contributed by atoms with Crippen LogP contribution in [0.5, 0.6) is 0 Å². The third-order valence-electron chi connectivity index (χ3n) is 5.96. The summed E-state index contributed by atoms with van der Waals surface area (Å²) in [6, 6.07) is 0.358. The maximum absolute atomic E-state index is 12.4. The number of nitrogens with zero attached hydrogens (tertiary/aromatic N) is 1. The Morgan fingerprint density at radius 1 is 1.00 bits per heavy atom. The largest absolute Gasteiger partial charge is 0.355 e. The van der Waals surface area contributed by atoms with E-state index in [1.807, 2.05) is 0 Å². The first kappa shape index (κ1) is 21.0. The molecule has 1 heterocycles. The summed E-state index contributed by atoms with van der Waals surface area (Å²) in [4.78, 5) is 14.9. The number of nitrogens with two attached hydrogens (primary N) is 1. The molecule has 2 unspecified atom stereocenters. The van der Waals surface area contributed by atoms with E-state index < -0.39 is 0 Å². The molecule has 136 valence electrons. The fourth-order valence-corrected chi connectivity index (χ4v) is 4.67. The molecule has 0 aromatic heterocycles. The molecule has 4 nitrogen and oxygen atoms in total. The lowest BCUT2D eigenvalue weighted by Gasteiger charge is -2.43. The van der Waals surface area contributed by atoms with E-state index in [0.29, 0.717) is 17.9 Å². The zero-order chi connectivity index (χ0) is 14.7. The van der Waals surface area contributed by atoms with Crippen molar-refractivity contribution in [3.8, 4) is 0 Å². The lowest BCUT2D eigenvalue weighted by atomic mass is 9.65. The monoisotopic (exact) mass is 365 g/mol. The van der Waals surface area contributed by atoms with E-state index in [-0.39, 0.29) is 36.6 Å². The highest BCUT2D eigenvalue weighted by molar-refractivity contribution is 5.85. The topological polar surface area (TPSA) is 58.4 Å². The molecule has 0 aromatic carbocycles. The standard InChI is InChI=1S/C17H31N3O.2ClH/c18-16-13-5-4-6-14(16)12-15(11-13)17(21)19-7-10-20-8-2-1-3-9-20;;/h13-16H,1-12,18H2,(H,19,21);2*1H. The van der Waals surface area contributed by atoms with Crippen molar-refractivity contribution in [2.45, 2.75) is 57.4 Å². The highest BCUT2D eigenvalue weighted by atomic mass is 35.5. The lowest BCUT2D eigenvalue weighted by Crippen LogP contribution is -2.49. The van der Waals surface area contributed by atoms with Crippen LogP contribution in [0.2, 0.25) is 0 Å². The van der Waals surface area contributed by atoms with Gasteiger partial charge in [-0.25, -0.2) is 0 Å². The second-order valence-corrected chi connectivity index (χ2v) is 7.39. The van der Waals surface area contributed by atoms with E-state index in [9.17, 15) is 4.79 Å². The third-order valence-corrected chi connectivity index (χ3v) is 5.96. The minimum Gasteiger partial charge on any atom is -0.355 e. The van der Waals surface area contributed by atoms with Crippen molar-refractivity contribution >= 4 is 30.7 Å². The molecule has 1 saturated heterocycles. The molecule has 2 saturated carbocycles. The van der Waals surface area contributed by atoms with Gasteiger partial charge in [0.2, 0.25) is 5.91 Å². The Bertz CT molecular complexity index is 350. The Balaban J connectivity index is 0.00000132. The summed E-state index contributed by atoms with van der Waals surface area (Å²) in [6.07, 6.45) is 9.82. The number of fused-ring (bicyclic) bond motifs is 2. The van der Waals surface area contributed by atoms with Gasteiger partial charge in [-0.15, -0.1) is 24.8 Å². The zero-order valence-electron chi connectivity index (χ0n) is 14.0. The summed E-state index contributed by atoms with van der Waals surface area (Å²) in [5.41, 5.74) is 6.31. The molecule has 3 aliphatic rings. The Morgan fingerprint density at radius 3 is 2.22 bits per heavy atom. The van der Waals surface area contributed by atoms with E-state index in [1.54, 1.807) is 0 Å². The molecule has 3 rings (SSSR count). The molecule has 23 heavy (non-hydrogen) atoms. The highest BCUT2D eigenvalue weighted by Gasteiger charge is 2.40. The molecule has 3 N–H and O–H groups in total. The Hall–Kier alpha value is -0.0300. The normalized spacial score (nSPS) is 34.0. The molecule has 6 heteroatoms. The number of hydrogen-bond donors (Lipinski definition) is 2. The van der Waals surface area contributed by atoms with Gasteiger partial charge in [0, 0.05) is 25.0 Å². The number of carbonyl (C=O) groups excluding carboxylic acids is 1. The van der Waals surface area contributed by atoms with Crippen molar-refractivity contribution in [2.75, 3.05) is 26.2 Å². The van der Waals surface area contributed by atoms with Gasteiger partial charge in [-0.1, -0.05) is 12.8 Å². The summed E-state index contributed by atoms with van der Waals surface area (Å²) in [6.45, 7) is 4.25. The molecule has 0 aromatic rings. The number of hydrogen-bond acceptors (Lipinski definition) is 3. The first-order valence-electron chi connectivity index (χ1n) is 8.99. The van der Waals surface area contributed by atoms with E-state index in [2.05, 4.69) is 10.2 Å². The Kier molecular flexibility index (Phi) is 9.20. The van der Waals surface area contributed by atoms with Gasteiger partial charge in [0.05, 0.1) is 0 Å². The van der Waals surface area contributed by atoms with Crippen LogP contribution < -0.4 is 11.1 Å². The van der Waals surface area contributed by atoms with Crippen LogP contribution in [0.15, 0.2) is 0 Å². The minimum atomic E-state index is 0. The average Bonchev–Trinajstić information content (AvgIpc) is 2.48. The summed E-state index contributed by atoms with van der Waals surface area (Å²) in [5, 5.41) is 3.18. The highest BCUT2D eigenvalue weighted by Crippen LogP contribution is 2.41. The first-order chi connectivity index (χ1) is 10.2. The van der Waals surface area contributed by atoms with Gasteiger partial charge in [-0.3, -0.25) is 4.79 Å². The van der Waals surface area contributed by atoms with Crippen LogP contribution in [0, 0.1) is 17.8 Å². The predicted molar refractivity (Wildman–Crippen MR) is 99.3 cm³/mol. The van der Waals surface area contributed by atoms with Crippen molar-refractivity contribution in [2.24, 2.45) is 23.5 Å². The van der Waals surface area contributed by atoms with Crippen molar-refractivity contribution < 1.29 is 4.79 Å². The Morgan fingerprint density at radius 2 is 1.61 bits per heavy atom. The van der Waals surface area contributed by atoms with Gasteiger partial charge in [0.25, 0.3) is 0 Å². The first-order valence-corrected chi connectivity index (χ1v) is 8.99. The number of halogens is 2. The van der Waals surface area contributed by atoms with Gasteiger partial charge in [0.1, 0.15) is 0 Å². The van der Waals surface area contributed by atoms with E-state index in [4.69, 9.17) is 5.73 Å². The van der Waals surface area contributed by atoms with Crippen LogP contribution in [0.4, 0.5) is 0 Å². The molecule has 3 fully saturated rings. The van der Waals surface area contributed by atoms with Crippen LogP contribution in [0.25, 0.3) is 0 Å². The fraction of sp³-hybridized carbons (Fsp3) is 0.941. The van der Waals surface area contributed by atoms with Crippen molar-refractivity contribution in [1.82, 2.24) is 10.2 Å². The summed E-state index contributed by atoms with van der Waals surface area (Å²) >= 11 is 0. The Labute approximate surface area is 153 Å². The van der Waals surface area contributed by atoms with Crippen LogP contribution in [-0.4, -0.2) is 43.0 Å². The van der Waals surface area contributed by atoms with Crippen LogP contribution in [-0.2, 0) is 4.79 Å². The van der Waals surface area contributed by atoms with E-state index in [1.165, 1.54) is 51.6 Å². The van der Waals surface area contributed by atoms with E-state index in [0.717, 1.165) is 25.9 Å². The minimum absolute atomic E-state index is 0. The third kappa shape index (κ3) is 5.48. The van der Waals surface area contributed by atoms with Crippen molar-refractivity contribution in [1.29, 1.82) is 0 Å². The van der Waals surface area contributed by atoms with Crippen LogP contribution >= 0.6 is 24.8 Å². The molecular formula is C17H33Cl2N3O. The number of carbonyl (C=O) groups is 1. The number of rotatable bonds is 4. The molecule has 1 amide bonds. The predicted octanol–water partition coefficient (Wildman–Crippen LogP) is 2.59. The smallest absolute Gasteiger partial charge is 0.223 e. The van der Waals surface area contributed by atoms with Gasteiger partial charge < -0.3 is 16.0 Å². The van der Waals surface area contributed by atoms with Crippen molar-refractivity contribution in [3.05, 3.63) is 0 Å². The summed E-state index contributed by atoms with van der Waals surface area (Å²) in [5.74, 6) is 1.70. The van der Waals surface area contributed by atoms with E-state index >= 15 is 0 Å². The molecule has 1 aliphatic heterocycles.